The van der Waals surface area contributed by atoms with Gasteiger partial charge in [0.15, 0.2) is 0 Å². The third-order valence-electron chi connectivity index (χ3n) is 3.12. The van der Waals surface area contributed by atoms with Crippen LogP contribution in [0.25, 0.3) is 0 Å². The number of nitrogens with one attached hydrogen (secondary N) is 1. The summed E-state index contributed by atoms with van der Waals surface area (Å²) in [6.07, 6.45) is -0.821. The van der Waals surface area contributed by atoms with Gasteiger partial charge in [-0.25, -0.2) is 9.59 Å². The van der Waals surface area contributed by atoms with Gasteiger partial charge in [-0.3, -0.25) is 15.4 Å². The average Bonchev–Trinajstić information content (AvgIpc) is 2.61. The summed E-state index contributed by atoms with van der Waals surface area (Å²) in [4.78, 5) is 33.4. The molecule has 0 bridgehead atoms. The number of ether oxygens (including phenoxy) is 3. The number of methoxy groups -OCH3 is 2. The maximum absolute atomic E-state index is 11.9. The number of esters is 1. The molecule has 130 valence electrons. The zero-order chi connectivity index (χ0) is 18.4. The minimum absolute atomic E-state index is 0.118. The predicted molar refractivity (Wildman–Crippen MR) is 87.1 cm³/mol. The van der Waals surface area contributed by atoms with Crippen LogP contribution >= 0.6 is 0 Å². The number of rotatable bonds is 5. The molecule has 0 aliphatic rings. The molecular formula is C16H14N2O7. The number of hydrogen-bond acceptors (Lipinski definition) is 7. The molecule has 9 nitrogen and oxygen atoms in total. The first-order chi connectivity index (χ1) is 11.9. The first-order valence-corrected chi connectivity index (χ1v) is 6.94. The van der Waals surface area contributed by atoms with Crippen molar-refractivity contribution < 1.29 is 28.7 Å². The van der Waals surface area contributed by atoms with E-state index in [1.807, 2.05) is 0 Å². The molecule has 2 aromatic rings. The Bertz CT molecular complexity index is 803. The lowest BCUT2D eigenvalue weighted by atomic mass is 10.2. The standard InChI is InChI=1S/C16H14N2O7/c1-23-14-9-11(18(21)22)5-8-13(14)17-16(20)25-12-6-3-10(4-7-12)15(19)24-2/h3-9H,1-2H3,(H,17,20). The van der Waals surface area contributed by atoms with Crippen LogP contribution < -0.4 is 14.8 Å². The summed E-state index contributed by atoms with van der Waals surface area (Å²) in [5, 5.41) is 13.2. The minimum Gasteiger partial charge on any atom is -0.494 e. The second-order valence-corrected chi connectivity index (χ2v) is 4.67. The number of hydrogen-bond donors (Lipinski definition) is 1. The largest absolute Gasteiger partial charge is 0.494 e. The molecule has 1 amide bonds. The molecular weight excluding hydrogens is 332 g/mol. The predicted octanol–water partition coefficient (Wildman–Crippen LogP) is 3.00. The summed E-state index contributed by atoms with van der Waals surface area (Å²) >= 11 is 0. The van der Waals surface area contributed by atoms with Gasteiger partial charge in [0.25, 0.3) is 5.69 Å². The third-order valence-corrected chi connectivity index (χ3v) is 3.12. The van der Waals surface area contributed by atoms with E-state index in [0.29, 0.717) is 5.56 Å². The molecule has 2 rings (SSSR count). The zero-order valence-electron chi connectivity index (χ0n) is 13.3. The van der Waals surface area contributed by atoms with Crippen molar-refractivity contribution in [1.29, 1.82) is 0 Å². The van der Waals surface area contributed by atoms with Crippen LogP contribution in [0.2, 0.25) is 0 Å². The lowest BCUT2D eigenvalue weighted by molar-refractivity contribution is -0.384. The quantitative estimate of drug-likeness (QED) is 0.502. The Hall–Kier alpha value is -3.62. The van der Waals surface area contributed by atoms with Gasteiger partial charge in [0.05, 0.1) is 36.5 Å². The maximum atomic E-state index is 11.9. The molecule has 0 spiro atoms. The first kappa shape index (κ1) is 17.7. The molecule has 0 aliphatic carbocycles. The fourth-order valence-corrected chi connectivity index (χ4v) is 1.92. The molecule has 0 aromatic heterocycles. The molecule has 0 atom stereocenters. The lowest BCUT2D eigenvalue weighted by Gasteiger charge is -2.10. The van der Waals surface area contributed by atoms with Crippen molar-refractivity contribution >= 4 is 23.4 Å². The molecule has 0 radical (unpaired) electrons. The summed E-state index contributed by atoms with van der Waals surface area (Å²) in [5.74, 6) is -0.190. The Kier molecular flexibility index (Phi) is 5.51. The van der Waals surface area contributed by atoms with Crippen LogP contribution in [-0.4, -0.2) is 31.2 Å². The van der Waals surface area contributed by atoms with E-state index in [0.717, 1.165) is 0 Å². The average molecular weight is 346 g/mol. The van der Waals surface area contributed by atoms with Gasteiger partial charge in [-0.1, -0.05) is 0 Å². The molecule has 25 heavy (non-hydrogen) atoms. The number of anilines is 1. The van der Waals surface area contributed by atoms with Crippen LogP contribution in [0.15, 0.2) is 42.5 Å². The van der Waals surface area contributed by atoms with E-state index in [1.165, 1.54) is 56.7 Å². The summed E-state index contributed by atoms with van der Waals surface area (Å²) in [5.41, 5.74) is 0.353. The lowest BCUT2D eigenvalue weighted by Crippen LogP contribution is -2.17. The second kappa shape index (κ2) is 7.77. The Balaban J connectivity index is 2.07. The highest BCUT2D eigenvalue weighted by Crippen LogP contribution is 2.29. The summed E-state index contributed by atoms with van der Waals surface area (Å²) in [6, 6.07) is 9.49. The van der Waals surface area contributed by atoms with Crippen molar-refractivity contribution in [1.82, 2.24) is 0 Å². The fraction of sp³-hybridized carbons (Fsp3) is 0.125. The van der Waals surface area contributed by atoms with E-state index in [4.69, 9.17) is 9.47 Å². The Morgan fingerprint density at radius 1 is 1.08 bits per heavy atom. The monoisotopic (exact) mass is 346 g/mol. The Morgan fingerprint density at radius 2 is 1.76 bits per heavy atom. The number of nitro groups is 1. The van der Waals surface area contributed by atoms with Gasteiger partial charge in [0.2, 0.25) is 0 Å². The van der Waals surface area contributed by atoms with E-state index in [2.05, 4.69) is 10.1 Å². The molecule has 0 saturated carbocycles. The van der Waals surface area contributed by atoms with Crippen LogP contribution in [0.5, 0.6) is 11.5 Å². The number of non-ortho nitro benzene ring substituents is 1. The normalized spacial score (nSPS) is 9.84. The van der Waals surface area contributed by atoms with Crippen LogP contribution in [-0.2, 0) is 4.74 Å². The van der Waals surface area contributed by atoms with E-state index in [9.17, 15) is 19.7 Å². The SMILES string of the molecule is COC(=O)c1ccc(OC(=O)Nc2ccc([N+](=O)[O-])cc2OC)cc1. The maximum Gasteiger partial charge on any atom is 0.417 e. The Labute approximate surface area is 142 Å². The van der Waals surface area contributed by atoms with Gasteiger partial charge >= 0.3 is 12.1 Å². The molecule has 9 heteroatoms. The number of carbonyl (C=O) groups excluding carboxylic acids is 2. The number of benzene rings is 2. The second-order valence-electron chi connectivity index (χ2n) is 4.67. The summed E-state index contributed by atoms with van der Waals surface area (Å²) in [7, 11) is 2.58. The molecule has 0 unspecified atom stereocenters. The van der Waals surface area contributed by atoms with Gasteiger partial charge < -0.3 is 14.2 Å². The number of carbonyl (C=O) groups is 2. The van der Waals surface area contributed by atoms with Gasteiger partial charge in [-0.2, -0.15) is 0 Å². The van der Waals surface area contributed by atoms with E-state index in [-0.39, 0.29) is 22.9 Å². The number of nitrogens with zero attached hydrogens (tertiary/aromatic N) is 1. The van der Waals surface area contributed by atoms with Crippen LogP contribution in [0, 0.1) is 10.1 Å². The molecule has 2 aromatic carbocycles. The number of amides is 1. The topological polar surface area (TPSA) is 117 Å². The highest BCUT2D eigenvalue weighted by Gasteiger charge is 2.14. The van der Waals surface area contributed by atoms with Gasteiger partial charge in [0.1, 0.15) is 11.5 Å². The van der Waals surface area contributed by atoms with Gasteiger partial charge in [0, 0.05) is 6.07 Å². The zero-order valence-corrected chi connectivity index (χ0v) is 13.3. The summed E-state index contributed by atoms with van der Waals surface area (Å²) < 4.78 is 14.7. The van der Waals surface area contributed by atoms with Crippen LogP contribution in [0.1, 0.15) is 10.4 Å². The number of nitro benzene ring substituents is 1. The highest BCUT2D eigenvalue weighted by atomic mass is 16.6. The van der Waals surface area contributed by atoms with Crippen LogP contribution in [0.4, 0.5) is 16.2 Å². The minimum atomic E-state index is -0.821. The van der Waals surface area contributed by atoms with E-state index >= 15 is 0 Å². The van der Waals surface area contributed by atoms with E-state index < -0.39 is 17.0 Å². The van der Waals surface area contributed by atoms with E-state index in [1.54, 1.807) is 0 Å². The van der Waals surface area contributed by atoms with Gasteiger partial charge in [-0.15, -0.1) is 0 Å². The van der Waals surface area contributed by atoms with Crippen molar-refractivity contribution in [3.05, 3.63) is 58.1 Å². The van der Waals surface area contributed by atoms with Crippen molar-refractivity contribution in [2.24, 2.45) is 0 Å². The smallest absolute Gasteiger partial charge is 0.417 e. The van der Waals surface area contributed by atoms with Crippen LogP contribution in [0.3, 0.4) is 0 Å². The third kappa shape index (κ3) is 4.44. The molecule has 1 N–H and O–H groups in total. The van der Waals surface area contributed by atoms with Gasteiger partial charge in [-0.05, 0) is 30.3 Å². The van der Waals surface area contributed by atoms with Crippen molar-refractivity contribution in [3.63, 3.8) is 0 Å². The molecule has 0 fully saturated rings. The van der Waals surface area contributed by atoms with Crippen molar-refractivity contribution in [2.75, 3.05) is 19.5 Å². The first-order valence-electron chi connectivity index (χ1n) is 6.94. The molecule has 0 aliphatic heterocycles. The fourth-order valence-electron chi connectivity index (χ4n) is 1.92. The summed E-state index contributed by atoms with van der Waals surface area (Å²) in [6.45, 7) is 0. The van der Waals surface area contributed by atoms with Crippen molar-refractivity contribution in [2.45, 2.75) is 0 Å². The Morgan fingerprint density at radius 3 is 2.32 bits per heavy atom. The molecule has 0 heterocycles. The van der Waals surface area contributed by atoms with Crippen molar-refractivity contribution in [3.8, 4) is 11.5 Å². The highest BCUT2D eigenvalue weighted by molar-refractivity contribution is 5.90. The molecule has 0 saturated heterocycles.